The van der Waals surface area contributed by atoms with Gasteiger partial charge in [-0.2, -0.15) is 13.2 Å². The van der Waals surface area contributed by atoms with Crippen LogP contribution in [-0.4, -0.2) is 30.6 Å². The average Bonchev–Trinajstić information content (AvgIpc) is 2.36. The first-order valence-electron chi connectivity index (χ1n) is 5.42. The molecule has 0 fully saturated rings. The third-order valence-corrected chi connectivity index (χ3v) is 2.35. The molecule has 0 spiro atoms. The van der Waals surface area contributed by atoms with Crippen LogP contribution in [-0.2, 0) is 15.7 Å². The Balaban J connectivity index is 3.48. The molecule has 0 aliphatic rings. The van der Waals surface area contributed by atoms with E-state index in [1.165, 1.54) is 6.92 Å². The summed E-state index contributed by atoms with van der Waals surface area (Å²) in [6, 6.07) is 1.39. The molecule has 5 nitrogen and oxygen atoms in total. The van der Waals surface area contributed by atoms with E-state index in [0.29, 0.717) is 6.07 Å². The topological polar surface area (TPSA) is 72.8 Å². The van der Waals surface area contributed by atoms with E-state index in [2.05, 4.69) is 9.47 Å². The summed E-state index contributed by atoms with van der Waals surface area (Å²) >= 11 is 0. The molecule has 0 aliphatic carbocycles. The number of aromatic hydroxyl groups is 1. The van der Waals surface area contributed by atoms with Crippen molar-refractivity contribution in [1.29, 1.82) is 0 Å². The molecule has 0 radical (unpaired) electrons. The van der Waals surface area contributed by atoms with Gasteiger partial charge in [0.1, 0.15) is 0 Å². The predicted molar refractivity (Wildman–Crippen MR) is 60.6 cm³/mol. The van der Waals surface area contributed by atoms with Gasteiger partial charge < -0.3 is 14.6 Å². The van der Waals surface area contributed by atoms with Gasteiger partial charge >= 0.3 is 12.1 Å². The number of ether oxygens (including phenoxy) is 2. The molecule has 0 saturated carbocycles. The Bertz CT molecular complexity index is 537. The number of rotatable bonds is 4. The van der Waals surface area contributed by atoms with Crippen molar-refractivity contribution >= 4 is 11.8 Å². The van der Waals surface area contributed by atoms with Crippen LogP contribution in [0.3, 0.4) is 0 Å². The van der Waals surface area contributed by atoms with Crippen LogP contribution < -0.4 is 4.74 Å². The molecule has 1 aromatic carbocycles. The lowest BCUT2D eigenvalue weighted by Crippen LogP contribution is -2.22. The van der Waals surface area contributed by atoms with Gasteiger partial charge in [-0.05, 0) is 19.1 Å². The Hall–Kier alpha value is -2.25. The highest BCUT2D eigenvalue weighted by Gasteiger charge is 2.39. The lowest BCUT2D eigenvalue weighted by molar-refractivity contribution is -0.139. The highest BCUT2D eigenvalue weighted by atomic mass is 19.4. The summed E-state index contributed by atoms with van der Waals surface area (Å²) in [6.07, 6.45) is -4.92. The van der Waals surface area contributed by atoms with Gasteiger partial charge in [0.25, 0.3) is 5.78 Å². The number of carbonyl (C=O) groups is 2. The quantitative estimate of drug-likeness (QED) is 0.523. The van der Waals surface area contributed by atoms with E-state index in [1.807, 2.05) is 0 Å². The van der Waals surface area contributed by atoms with Crippen molar-refractivity contribution in [2.24, 2.45) is 0 Å². The van der Waals surface area contributed by atoms with Gasteiger partial charge in [0.15, 0.2) is 11.5 Å². The summed E-state index contributed by atoms with van der Waals surface area (Å²) in [5.41, 5.74) is -2.62. The lowest BCUT2D eigenvalue weighted by atomic mass is 10.0. The van der Waals surface area contributed by atoms with E-state index in [1.54, 1.807) is 0 Å². The molecule has 1 aromatic rings. The number of hydrogen-bond donors (Lipinski definition) is 1. The first-order valence-corrected chi connectivity index (χ1v) is 5.42. The molecule has 0 saturated heterocycles. The van der Waals surface area contributed by atoms with Gasteiger partial charge in [-0.15, -0.1) is 0 Å². The van der Waals surface area contributed by atoms with Crippen LogP contribution in [0.4, 0.5) is 13.2 Å². The molecule has 0 atom stereocenters. The Morgan fingerprint density at radius 3 is 2.35 bits per heavy atom. The third-order valence-electron chi connectivity index (χ3n) is 2.35. The SMILES string of the molecule is CCOC(=O)C(=O)c1c(C(F)(F)F)ccc(OC)c1O. The maximum atomic E-state index is 12.8. The summed E-state index contributed by atoms with van der Waals surface area (Å²) in [5.74, 6) is -4.48. The molecule has 0 aromatic heterocycles. The molecule has 1 N–H and O–H groups in total. The normalized spacial score (nSPS) is 11.1. The van der Waals surface area contributed by atoms with E-state index >= 15 is 0 Å². The predicted octanol–water partition coefficient (Wildman–Crippen LogP) is 2.17. The molecule has 20 heavy (non-hydrogen) atoms. The van der Waals surface area contributed by atoms with E-state index in [0.717, 1.165) is 13.2 Å². The minimum Gasteiger partial charge on any atom is -0.504 e. The third kappa shape index (κ3) is 3.01. The van der Waals surface area contributed by atoms with Crippen molar-refractivity contribution < 1.29 is 37.3 Å². The van der Waals surface area contributed by atoms with E-state index in [-0.39, 0.29) is 12.4 Å². The number of phenolic OH excluding ortho intramolecular Hbond substituents is 1. The second-order valence-corrected chi connectivity index (χ2v) is 3.59. The molecule has 0 amide bonds. The Morgan fingerprint density at radius 1 is 1.30 bits per heavy atom. The summed E-state index contributed by atoms with van der Waals surface area (Å²) in [5, 5.41) is 9.67. The van der Waals surface area contributed by atoms with Crippen molar-refractivity contribution in [2.45, 2.75) is 13.1 Å². The summed E-state index contributed by atoms with van der Waals surface area (Å²) < 4.78 is 47.4. The number of carbonyl (C=O) groups excluding carboxylic acids is 2. The van der Waals surface area contributed by atoms with Gasteiger partial charge in [-0.3, -0.25) is 4.79 Å². The maximum Gasteiger partial charge on any atom is 0.417 e. The van der Waals surface area contributed by atoms with Crippen molar-refractivity contribution in [3.8, 4) is 11.5 Å². The minimum absolute atomic E-state index is 0.184. The van der Waals surface area contributed by atoms with Crippen molar-refractivity contribution in [2.75, 3.05) is 13.7 Å². The number of benzene rings is 1. The second kappa shape index (κ2) is 5.81. The maximum absolute atomic E-state index is 12.8. The average molecular weight is 292 g/mol. The van der Waals surface area contributed by atoms with Crippen LogP contribution in [0, 0.1) is 0 Å². The summed E-state index contributed by atoms with van der Waals surface area (Å²) in [4.78, 5) is 23.0. The molecular formula is C12H11F3O5. The fourth-order valence-corrected chi connectivity index (χ4v) is 1.50. The summed E-state index contributed by atoms with van der Waals surface area (Å²) in [6.45, 7) is 1.21. The van der Waals surface area contributed by atoms with Gasteiger partial charge in [0, 0.05) is 0 Å². The van der Waals surface area contributed by atoms with Crippen LogP contribution in [0.25, 0.3) is 0 Å². The van der Waals surface area contributed by atoms with Crippen molar-refractivity contribution in [3.05, 3.63) is 23.3 Å². The van der Waals surface area contributed by atoms with E-state index in [4.69, 9.17) is 0 Å². The zero-order valence-corrected chi connectivity index (χ0v) is 10.6. The first kappa shape index (κ1) is 15.8. The van der Waals surface area contributed by atoms with Crippen LogP contribution in [0.2, 0.25) is 0 Å². The summed E-state index contributed by atoms with van der Waals surface area (Å²) in [7, 11) is 1.10. The molecular weight excluding hydrogens is 281 g/mol. The standard InChI is InChI=1S/C12H11F3O5/c1-3-20-11(18)10(17)8-6(12(13,14)15)4-5-7(19-2)9(8)16/h4-5,16H,3H2,1-2H3. The monoisotopic (exact) mass is 292 g/mol. The zero-order valence-electron chi connectivity index (χ0n) is 10.6. The van der Waals surface area contributed by atoms with E-state index < -0.39 is 34.8 Å². The van der Waals surface area contributed by atoms with Gasteiger partial charge in [0.2, 0.25) is 0 Å². The lowest BCUT2D eigenvalue weighted by Gasteiger charge is -2.14. The van der Waals surface area contributed by atoms with Crippen molar-refractivity contribution in [3.63, 3.8) is 0 Å². The minimum atomic E-state index is -4.92. The number of halogens is 3. The largest absolute Gasteiger partial charge is 0.504 e. The number of alkyl halides is 3. The molecule has 0 unspecified atom stereocenters. The molecule has 0 aliphatic heterocycles. The van der Waals surface area contributed by atoms with Crippen LogP contribution in [0.1, 0.15) is 22.8 Å². The second-order valence-electron chi connectivity index (χ2n) is 3.59. The fraction of sp³-hybridized carbons (Fsp3) is 0.333. The smallest absolute Gasteiger partial charge is 0.417 e. The number of ketones is 1. The van der Waals surface area contributed by atoms with Crippen molar-refractivity contribution in [1.82, 2.24) is 0 Å². The highest BCUT2D eigenvalue weighted by Crippen LogP contribution is 2.40. The van der Waals surface area contributed by atoms with Crippen LogP contribution in [0.5, 0.6) is 11.5 Å². The van der Waals surface area contributed by atoms with Gasteiger partial charge in [-0.25, -0.2) is 4.79 Å². The zero-order chi connectivity index (χ0) is 15.5. The molecule has 0 heterocycles. The van der Waals surface area contributed by atoms with E-state index in [9.17, 15) is 27.9 Å². The molecule has 0 bridgehead atoms. The number of esters is 1. The number of phenols is 1. The first-order chi connectivity index (χ1) is 9.23. The Morgan fingerprint density at radius 2 is 1.90 bits per heavy atom. The fourth-order valence-electron chi connectivity index (χ4n) is 1.50. The highest BCUT2D eigenvalue weighted by molar-refractivity contribution is 6.41. The number of methoxy groups -OCH3 is 1. The number of hydrogen-bond acceptors (Lipinski definition) is 5. The Kier molecular flexibility index (Phi) is 4.59. The van der Waals surface area contributed by atoms with Crippen LogP contribution in [0.15, 0.2) is 12.1 Å². The van der Waals surface area contributed by atoms with Gasteiger partial charge in [-0.1, -0.05) is 0 Å². The molecule has 110 valence electrons. The Labute approximate surface area is 111 Å². The van der Waals surface area contributed by atoms with Gasteiger partial charge in [0.05, 0.1) is 24.8 Å². The van der Waals surface area contributed by atoms with Crippen LogP contribution >= 0.6 is 0 Å². The molecule has 1 rings (SSSR count). The number of Topliss-reactive ketones (excluding diaryl/α,β-unsaturated/α-hetero) is 1. The molecule has 8 heteroatoms.